The van der Waals surface area contributed by atoms with Crippen molar-refractivity contribution in [3.05, 3.63) is 83.9 Å². The molecule has 7 heteroatoms. The first-order valence-corrected chi connectivity index (χ1v) is 11.7. The van der Waals surface area contributed by atoms with Crippen molar-refractivity contribution in [1.29, 1.82) is 0 Å². The molecule has 3 heterocycles. The standard InChI is InChI=1S/C26H30N4O3/c31-24(27-14-17-28-15-8-3-9-16-28)29-18-19-30-23(20-29)26(33-25(30)32,21-10-4-1-5-11-21)22-12-6-2-7-13-22/h1-8,10-13,23H,9,14-20H2,(H,27,31). The van der Waals surface area contributed by atoms with Crippen LogP contribution in [-0.2, 0) is 10.3 Å². The van der Waals surface area contributed by atoms with E-state index in [0.29, 0.717) is 26.2 Å². The maximum Gasteiger partial charge on any atom is 0.411 e. The number of hydrogen-bond donors (Lipinski definition) is 1. The number of nitrogens with zero attached hydrogens (tertiary/aromatic N) is 3. The highest BCUT2D eigenvalue weighted by atomic mass is 16.6. The Morgan fingerprint density at radius 2 is 1.67 bits per heavy atom. The summed E-state index contributed by atoms with van der Waals surface area (Å²) in [6.45, 7) is 4.76. The van der Waals surface area contributed by atoms with Gasteiger partial charge in [0.25, 0.3) is 0 Å². The summed E-state index contributed by atoms with van der Waals surface area (Å²) in [6.07, 6.45) is 5.11. The van der Waals surface area contributed by atoms with Crippen molar-refractivity contribution in [3.8, 4) is 0 Å². The topological polar surface area (TPSA) is 65.1 Å². The highest BCUT2D eigenvalue weighted by Crippen LogP contribution is 2.45. The average Bonchev–Trinajstić information content (AvgIpc) is 3.18. The molecule has 0 aliphatic carbocycles. The first-order valence-electron chi connectivity index (χ1n) is 11.7. The second kappa shape index (κ2) is 9.27. The van der Waals surface area contributed by atoms with Crippen molar-refractivity contribution in [2.24, 2.45) is 0 Å². The van der Waals surface area contributed by atoms with Crippen LogP contribution in [0.5, 0.6) is 0 Å². The largest absolute Gasteiger partial charge is 0.431 e. The van der Waals surface area contributed by atoms with Gasteiger partial charge in [-0.05, 0) is 6.42 Å². The van der Waals surface area contributed by atoms with Crippen LogP contribution < -0.4 is 5.32 Å². The number of piperazine rings is 1. The predicted octanol–water partition coefficient (Wildman–Crippen LogP) is 3.04. The second-order valence-corrected chi connectivity index (χ2v) is 8.78. The lowest BCUT2D eigenvalue weighted by Crippen LogP contribution is -2.60. The molecule has 0 spiro atoms. The molecule has 3 amide bonds. The molecule has 2 saturated heterocycles. The average molecular weight is 447 g/mol. The SMILES string of the molecule is O=C(NCCN1CC=CCC1)N1CCN2C(=O)OC(c3ccccc3)(c3ccccc3)C2C1. The monoisotopic (exact) mass is 446 g/mol. The second-order valence-electron chi connectivity index (χ2n) is 8.78. The molecule has 2 fully saturated rings. The van der Waals surface area contributed by atoms with E-state index in [2.05, 4.69) is 22.4 Å². The Balaban J connectivity index is 1.36. The molecule has 0 aromatic heterocycles. The number of rotatable bonds is 5. The summed E-state index contributed by atoms with van der Waals surface area (Å²) in [6, 6.07) is 19.3. The number of amides is 3. The van der Waals surface area contributed by atoms with Gasteiger partial charge in [-0.1, -0.05) is 72.8 Å². The van der Waals surface area contributed by atoms with E-state index < -0.39 is 5.60 Å². The molecule has 0 radical (unpaired) electrons. The number of ether oxygens (including phenoxy) is 1. The number of carbonyl (C=O) groups is 2. The van der Waals surface area contributed by atoms with Gasteiger partial charge < -0.3 is 15.0 Å². The fourth-order valence-electron chi connectivity index (χ4n) is 5.16. The van der Waals surface area contributed by atoms with Crippen LogP contribution in [0.1, 0.15) is 17.5 Å². The minimum atomic E-state index is -0.960. The Hall–Kier alpha value is -3.32. The zero-order valence-electron chi connectivity index (χ0n) is 18.7. The van der Waals surface area contributed by atoms with Gasteiger partial charge in [-0.15, -0.1) is 0 Å². The minimum Gasteiger partial charge on any atom is -0.431 e. The number of carbonyl (C=O) groups excluding carboxylic acids is 2. The number of hydrogen-bond acceptors (Lipinski definition) is 4. The van der Waals surface area contributed by atoms with Crippen LogP contribution in [0.25, 0.3) is 0 Å². The number of benzene rings is 2. The van der Waals surface area contributed by atoms with Gasteiger partial charge >= 0.3 is 12.1 Å². The molecule has 172 valence electrons. The van der Waals surface area contributed by atoms with E-state index in [1.165, 1.54) is 0 Å². The molecule has 1 N–H and O–H groups in total. The molecule has 2 aromatic carbocycles. The summed E-state index contributed by atoms with van der Waals surface area (Å²) < 4.78 is 6.17. The van der Waals surface area contributed by atoms with Crippen molar-refractivity contribution in [2.75, 3.05) is 45.8 Å². The van der Waals surface area contributed by atoms with Crippen molar-refractivity contribution in [1.82, 2.24) is 20.0 Å². The van der Waals surface area contributed by atoms with Crippen LogP contribution >= 0.6 is 0 Å². The Morgan fingerprint density at radius 3 is 2.30 bits per heavy atom. The third kappa shape index (κ3) is 4.09. The highest BCUT2D eigenvalue weighted by Gasteiger charge is 2.58. The highest BCUT2D eigenvalue weighted by molar-refractivity contribution is 5.77. The van der Waals surface area contributed by atoms with E-state index >= 15 is 0 Å². The number of fused-ring (bicyclic) bond motifs is 1. The van der Waals surface area contributed by atoms with Gasteiger partial charge in [-0.3, -0.25) is 9.80 Å². The Labute approximate surface area is 194 Å². The molecule has 33 heavy (non-hydrogen) atoms. The van der Waals surface area contributed by atoms with Gasteiger partial charge in [-0.2, -0.15) is 0 Å². The summed E-state index contributed by atoms with van der Waals surface area (Å²) in [7, 11) is 0. The molecule has 3 aliphatic rings. The quantitative estimate of drug-likeness (QED) is 0.717. The van der Waals surface area contributed by atoms with E-state index in [4.69, 9.17) is 4.74 Å². The zero-order chi connectivity index (χ0) is 22.7. The molecule has 0 saturated carbocycles. The van der Waals surface area contributed by atoms with Gasteiger partial charge in [0.2, 0.25) is 0 Å². The summed E-state index contributed by atoms with van der Waals surface area (Å²) in [5.41, 5.74) is 0.869. The van der Waals surface area contributed by atoms with Crippen LogP contribution in [0.2, 0.25) is 0 Å². The van der Waals surface area contributed by atoms with Gasteiger partial charge in [0, 0.05) is 56.9 Å². The van der Waals surface area contributed by atoms with Crippen LogP contribution in [0.4, 0.5) is 9.59 Å². The van der Waals surface area contributed by atoms with Gasteiger partial charge in [0.05, 0.1) is 0 Å². The molecule has 2 aromatic rings. The van der Waals surface area contributed by atoms with Crippen molar-refractivity contribution in [3.63, 3.8) is 0 Å². The first-order chi connectivity index (χ1) is 16.2. The van der Waals surface area contributed by atoms with E-state index in [1.807, 2.05) is 65.6 Å². The van der Waals surface area contributed by atoms with E-state index in [9.17, 15) is 9.59 Å². The van der Waals surface area contributed by atoms with E-state index in [0.717, 1.165) is 37.2 Å². The summed E-state index contributed by atoms with van der Waals surface area (Å²) in [4.78, 5) is 31.9. The predicted molar refractivity (Wildman–Crippen MR) is 126 cm³/mol. The zero-order valence-corrected chi connectivity index (χ0v) is 18.7. The number of nitrogens with one attached hydrogen (secondary N) is 1. The molecule has 1 atom stereocenters. The maximum absolute atomic E-state index is 13.0. The molecule has 1 unspecified atom stereocenters. The normalized spacial score (nSPS) is 22.1. The van der Waals surface area contributed by atoms with Crippen molar-refractivity contribution < 1.29 is 14.3 Å². The fourth-order valence-corrected chi connectivity index (χ4v) is 5.16. The third-order valence-corrected chi connectivity index (χ3v) is 6.87. The number of cyclic esters (lactones) is 1. The molecule has 7 nitrogen and oxygen atoms in total. The van der Waals surface area contributed by atoms with Gasteiger partial charge in [0.1, 0.15) is 6.04 Å². The van der Waals surface area contributed by atoms with Crippen molar-refractivity contribution in [2.45, 2.75) is 18.1 Å². The lowest BCUT2D eigenvalue weighted by Gasteiger charge is -2.42. The van der Waals surface area contributed by atoms with Crippen LogP contribution in [0.3, 0.4) is 0 Å². The van der Waals surface area contributed by atoms with Crippen LogP contribution in [0, 0.1) is 0 Å². The Kier molecular flexibility index (Phi) is 6.05. The third-order valence-electron chi connectivity index (χ3n) is 6.87. The lowest BCUT2D eigenvalue weighted by molar-refractivity contribution is 0.0511. The van der Waals surface area contributed by atoms with Crippen molar-refractivity contribution >= 4 is 12.1 Å². The molecule has 3 aliphatic heterocycles. The van der Waals surface area contributed by atoms with Gasteiger partial charge in [-0.25, -0.2) is 9.59 Å². The van der Waals surface area contributed by atoms with E-state index in [-0.39, 0.29) is 18.2 Å². The summed E-state index contributed by atoms with van der Waals surface area (Å²) in [5, 5.41) is 3.07. The van der Waals surface area contributed by atoms with E-state index in [1.54, 1.807) is 4.90 Å². The summed E-state index contributed by atoms with van der Waals surface area (Å²) in [5.74, 6) is 0. The molecular weight excluding hydrogens is 416 g/mol. The maximum atomic E-state index is 13.0. The molecular formula is C26H30N4O3. The molecule has 5 rings (SSSR count). The Morgan fingerprint density at radius 1 is 0.970 bits per heavy atom. The van der Waals surface area contributed by atoms with Gasteiger partial charge in [0.15, 0.2) is 5.60 Å². The lowest BCUT2D eigenvalue weighted by atomic mass is 9.79. The molecule has 0 bridgehead atoms. The number of urea groups is 1. The van der Waals surface area contributed by atoms with Crippen LogP contribution in [0.15, 0.2) is 72.8 Å². The van der Waals surface area contributed by atoms with Crippen LogP contribution in [-0.4, -0.2) is 78.7 Å². The smallest absolute Gasteiger partial charge is 0.411 e. The minimum absolute atomic E-state index is 0.0865. The summed E-state index contributed by atoms with van der Waals surface area (Å²) >= 11 is 0. The fraction of sp³-hybridized carbons (Fsp3) is 0.385. The Bertz CT molecular complexity index is 971. The first kappa shape index (κ1) is 21.5.